The monoisotopic (exact) mass is 509 g/mol. The van der Waals surface area contributed by atoms with E-state index < -0.39 is 6.61 Å². The van der Waals surface area contributed by atoms with Gasteiger partial charge in [-0.25, -0.2) is 4.99 Å². The molecule has 1 aromatic carbocycles. The summed E-state index contributed by atoms with van der Waals surface area (Å²) in [6.45, 7) is 0.993. The third kappa shape index (κ3) is 4.90. The van der Waals surface area contributed by atoms with Crippen LogP contribution >= 0.6 is 24.0 Å². The fraction of sp³-hybridized carbons (Fsp3) is 0.632. The summed E-state index contributed by atoms with van der Waals surface area (Å²) in [7, 11) is 0. The maximum Gasteiger partial charge on any atom is 0.387 e. The largest absolute Gasteiger partial charge is 0.454 e. The van der Waals surface area contributed by atoms with Crippen molar-refractivity contribution in [2.75, 3.05) is 19.9 Å². The predicted octanol–water partition coefficient (Wildman–Crippen LogP) is 3.88. The highest BCUT2D eigenvalue weighted by molar-refractivity contribution is 14.0. The highest BCUT2D eigenvalue weighted by Gasteiger charge is 2.53. The smallest absolute Gasteiger partial charge is 0.387 e. The number of ether oxygens (including phenoxy) is 3. The van der Waals surface area contributed by atoms with Gasteiger partial charge in [0.15, 0.2) is 17.5 Å². The van der Waals surface area contributed by atoms with E-state index in [0.29, 0.717) is 28.4 Å². The zero-order valence-electron chi connectivity index (χ0n) is 15.8. The van der Waals surface area contributed by atoms with Gasteiger partial charge in [0.25, 0.3) is 0 Å². The number of benzene rings is 1. The molecule has 2 saturated carbocycles. The molecule has 0 radical (unpaired) electrons. The van der Waals surface area contributed by atoms with Crippen LogP contribution in [0.2, 0.25) is 0 Å². The predicted molar refractivity (Wildman–Crippen MR) is 112 cm³/mol. The Kier molecular flexibility index (Phi) is 6.72. The Hall–Kier alpha value is -1.52. The summed E-state index contributed by atoms with van der Waals surface area (Å²) >= 11 is 0. The van der Waals surface area contributed by atoms with Gasteiger partial charge in [-0.2, -0.15) is 8.78 Å². The van der Waals surface area contributed by atoms with Gasteiger partial charge in [-0.15, -0.1) is 24.0 Å². The Morgan fingerprint density at radius 1 is 1.25 bits per heavy atom. The number of alkyl halides is 2. The molecule has 0 unspecified atom stereocenters. The fourth-order valence-electron chi connectivity index (χ4n) is 3.65. The molecule has 0 spiro atoms. The molecule has 3 aliphatic rings. The van der Waals surface area contributed by atoms with Crippen molar-refractivity contribution in [1.82, 2.24) is 10.6 Å². The zero-order chi connectivity index (χ0) is 18.9. The number of aliphatic imine (C=N–C) groups is 1. The van der Waals surface area contributed by atoms with Crippen molar-refractivity contribution in [2.45, 2.75) is 45.8 Å². The van der Waals surface area contributed by atoms with Crippen molar-refractivity contribution in [2.24, 2.45) is 16.3 Å². The van der Waals surface area contributed by atoms with Gasteiger partial charge in [0.05, 0.1) is 6.54 Å². The maximum absolute atomic E-state index is 12.8. The lowest BCUT2D eigenvalue weighted by Crippen LogP contribution is -2.40. The molecule has 156 valence electrons. The second-order valence-corrected chi connectivity index (χ2v) is 7.38. The summed E-state index contributed by atoms with van der Waals surface area (Å²) in [4.78, 5) is 4.56. The summed E-state index contributed by atoms with van der Waals surface area (Å²) in [6, 6.07) is 3.09. The van der Waals surface area contributed by atoms with Crippen LogP contribution in [0.1, 0.15) is 38.2 Å². The molecule has 1 heterocycles. The molecule has 1 aliphatic heterocycles. The van der Waals surface area contributed by atoms with Crippen molar-refractivity contribution in [3.05, 3.63) is 17.7 Å². The Balaban J connectivity index is 0.00000225. The van der Waals surface area contributed by atoms with Crippen molar-refractivity contribution in [3.8, 4) is 17.2 Å². The Morgan fingerprint density at radius 3 is 2.57 bits per heavy atom. The number of nitrogens with one attached hydrogen (secondary N) is 2. The van der Waals surface area contributed by atoms with Gasteiger partial charge in [0.2, 0.25) is 6.79 Å². The number of halogens is 3. The van der Waals surface area contributed by atoms with E-state index in [2.05, 4.69) is 20.4 Å². The van der Waals surface area contributed by atoms with Crippen LogP contribution in [-0.4, -0.2) is 32.5 Å². The van der Waals surface area contributed by atoms with Crippen molar-refractivity contribution in [3.63, 3.8) is 0 Å². The lowest BCUT2D eigenvalue weighted by atomic mass is 10.0. The molecular formula is C19H26F2IN3O3. The normalized spacial score (nSPS) is 19.2. The molecule has 9 heteroatoms. The number of hydrogen-bond acceptors (Lipinski definition) is 4. The molecule has 1 aromatic rings. The van der Waals surface area contributed by atoms with E-state index in [9.17, 15) is 8.78 Å². The average molecular weight is 509 g/mol. The lowest BCUT2D eigenvalue weighted by Gasteiger charge is -2.18. The van der Waals surface area contributed by atoms with E-state index >= 15 is 0 Å². The molecule has 0 saturated heterocycles. The van der Waals surface area contributed by atoms with Gasteiger partial charge < -0.3 is 24.8 Å². The van der Waals surface area contributed by atoms with Crippen molar-refractivity contribution in [1.29, 1.82) is 0 Å². The van der Waals surface area contributed by atoms with E-state index in [1.807, 2.05) is 6.92 Å². The van der Waals surface area contributed by atoms with Crippen LogP contribution in [0.3, 0.4) is 0 Å². The lowest BCUT2D eigenvalue weighted by molar-refractivity contribution is -0.0505. The molecule has 28 heavy (non-hydrogen) atoms. The van der Waals surface area contributed by atoms with Gasteiger partial charge in [-0.3, -0.25) is 0 Å². The molecule has 0 atom stereocenters. The van der Waals surface area contributed by atoms with Gasteiger partial charge >= 0.3 is 6.61 Å². The molecule has 2 aliphatic carbocycles. The van der Waals surface area contributed by atoms with Crippen molar-refractivity contribution >= 4 is 29.9 Å². The van der Waals surface area contributed by atoms with Crippen LogP contribution < -0.4 is 24.8 Å². The second kappa shape index (κ2) is 8.87. The molecule has 0 aromatic heterocycles. The van der Waals surface area contributed by atoms with Gasteiger partial charge in [0.1, 0.15) is 5.75 Å². The van der Waals surface area contributed by atoms with E-state index in [4.69, 9.17) is 9.47 Å². The minimum Gasteiger partial charge on any atom is -0.454 e. The van der Waals surface area contributed by atoms with Gasteiger partial charge in [-0.05, 0) is 50.0 Å². The Morgan fingerprint density at radius 2 is 1.96 bits per heavy atom. The van der Waals surface area contributed by atoms with Crippen LogP contribution in [-0.2, 0) is 6.54 Å². The van der Waals surface area contributed by atoms with Crippen LogP contribution in [0.4, 0.5) is 8.78 Å². The first-order valence-electron chi connectivity index (χ1n) is 9.49. The number of nitrogens with zero attached hydrogens (tertiary/aromatic N) is 1. The summed E-state index contributed by atoms with van der Waals surface area (Å²) in [5.41, 5.74) is 0.971. The van der Waals surface area contributed by atoms with Crippen LogP contribution in [0.15, 0.2) is 17.1 Å². The first kappa shape index (κ1) is 21.2. The standard InChI is InChI=1S/C19H25F2N3O3.HI/c1-2-22-18(24-10-19(5-6-19)13-3-4-13)23-9-12-7-15-16(26-11-25-15)8-14(12)27-17(20)21;/h7-8,13,17H,2-6,9-11H2,1H3,(H2,22,23,24);1H. The molecule has 2 fully saturated rings. The van der Waals surface area contributed by atoms with Gasteiger partial charge in [0, 0.05) is 24.7 Å². The van der Waals surface area contributed by atoms with Crippen molar-refractivity contribution < 1.29 is 23.0 Å². The first-order chi connectivity index (χ1) is 13.1. The van der Waals surface area contributed by atoms with E-state index in [0.717, 1.165) is 19.0 Å². The number of hydrogen-bond donors (Lipinski definition) is 2. The molecule has 4 rings (SSSR count). The van der Waals surface area contributed by atoms with Gasteiger partial charge in [-0.1, -0.05) is 0 Å². The summed E-state index contributed by atoms with van der Waals surface area (Å²) in [5.74, 6) is 2.53. The molecule has 2 N–H and O–H groups in total. The molecule has 6 nitrogen and oxygen atoms in total. The number of rotatable bonds is 8. The molecule has 0 bridgehead atoms. The van der Waals surface area contributed by atoms with Crippen LogP contribution in [0.5, 0.6) is 17.2 Å². The highest BCUT2D eigenvalue weighted by Crippen LogP contribution is 2.60. The highest BCUT2D eigenvalue weighted by atomic mass is 127. The van der Waals surface area contributed by atoms with E-state index in [1.54, 1.807) is 6.07 Å². The topological polar surface area (TPSA) is 64.1 Å². The minimum absolute atomic E-state index is 0. The summed E-state index contributed by atoms with van der Waals surface area (Å²) in [5, 5.41) is 6.64. The first-order valence-corrected chi connectivity index (χ1v) is 9.49. The zero-order valence-corrected chi connectivity index (χ0v) is 18.1. The summed E-state index contributed by atoms with van der Waals surface area (Å²) in [6.07, 6.45) is 5.22. The fourth-order valence-corrected chi connectivity index (χ4v) is 3.65. The maximum atomic E-state index is 12.8. The number of guanidine groups is 1. The quantitative estimate of drug-likeness (QED) is 0.317. The third-order valence-electron chi connectivity index (χ3n) is 5.47. The van der Waals surface area contributed by atoms with Crippen LogP contribution in [0.25, 0.3) is 0 Å². The average Bonchev–Trinajstić information content (AvgIpc) is 3.54. The number of fused-ring (bicyclic) bond motifs is 1. The SMILES string of the molecule is CCNC(=NCc1cc2c(cc1OC(F)F)OCO2)NCC1(C2CC2)CC1.I. The summed E-state index contributed by atoms with van der Waals surface area (Å²) < 4.78 is 40.7. The molecule has 0 amide bonds. The Labute approximate surface area is 180 Å². The third-order valence-corrected chi connectivity index (χ3v) is 5.47. The van der Waals surface area contributed by atoms with E-state index in [-0.39, 0.29) is 43.1 Å². The Bertz CT molecular complexity index is 725. The molecular weight excluding hydrogens is 483 g/mol. The minimum atomic E-state index is -2.91. The van der Waals surface area contributed by atoms with E-state index in [1.165, 1.54) is 31.7 Å². The second-order valence-electron chi connectivity index (χ2n) is 7.38. The van der Waals surface area contributed by atoms with Crippen LogP contribution in [0, 0.1) is 11.3 Å².